The summed E-state index contributed by atoms with van der Waals surface area (Å²) in [6.07, 6.45) is 3.34. The predicted octanol–water partition coefficient (Wildman–Crippen LogP) is 3.36. The van der Waals surface area contributed by atoms with Crippen LogP contribution in [0.4, 0.5) is 24.4 Å². The number of pyridine rings is 1. The van der Waals surface area contributed by atoms with Crippen LogP contribution >= 0.6 is 11.3 Å². The van der Waals surface area contributed by atoms with Crippen molar-refractivity contribution in [1.82, 2.24) is 14.9 Å². The topological polar surface area (TPSA) is 78.4 Å². The Bertz CT molecular complexity index is 1060. The van der Waals surface area contributed by atoms with E-state index in [0.29, 0.717) is 17.4 Å². The molecular formula is C19H15F2N5O2S. The summed E-state index contributed by atoms with van der Waals surface area (Å²) < 4.78 is 26.5. The lowest BCUT2D eigenvalue weighted by Gasteiger charge is -2.18. The molecule has 4 rings (SSSR count). The monoisotopic (exact) mass is 415 g/mol. The first-order valence-electron chi connectivity index (χ1n) is 8.68. The van der Waals surface area contributed by atoms with Gasteiger partial charge in [0.15, 0.2) is 16.8 Å². The maximum absolute atomic E-state index is 13.4. The SMILES string of the molecule is O=C(CN1CCN(c2ccc(F)c(F)c2)C1=O)Nc1nc(-c2cccnc2)cs1. The van der Waals surface area contributed by atoms with Crippen LogP contribution < -0.4 is 10.2 Å². The molecule has 1 aliphatic rings. The van der Waals surface area contributed by atoms with Gasteiger partial charge in [-0.1, -0.05) is 0 Å². The van der Waals surface area contributed by atoms with Gasteiger partial charge in [-0.25, -0.2) is 18.6 Å². The van der Waals surface area contributed by atoms with E-state index >= 15 is 0 Å². The van der Waals surface area contributed by atoms with Crippen molar-refractivity contribution in [3.8, 4) is 11.3 Å². The van der Waals surface area contributed by atoms with Crippen molar-refractivity contribution >= 4 is 34.1 Å². The standard InChI is InChI=1S/C19H15F2N5O2S/c20-14-4-3-13(8-15(14)21)26-7-6-25(19(26)28)10-17(27)24-18-23-16(11-29-18)12-2-1-5-22-9-12/h1-5,8-9,11H,6-7,10H2,(H,23,24,27). The van der Waals surface area contributed by atoms with Crippen molar-refractivity contribution in [2.75, 3.05) is 29.9 Å². The van der Waals surface area contributed by atoms with E-state index in [9.17, 15) is 18.4 Å². The second-order valence-electron chi connectivity index (χ2n) is 6.28. The summed E-state index contributed by atoms with van der Waals surface area (Å²) in [6.45, 7) is 0.407. The highest BCUT2D eigenvalue weighted by Gasteiger charge is 2.31. The van der Waals surface area contributed by atoms with Crippen LogP contribution in [0.25, 0.3) is 11.3 Å². The number of nitrogens with zero attached hydrogens (tertiary/aromatic N) is 4. The van der Waals surface area contributed by atoms with Crippen molar-refractivity contribution in [2.45, 2.75) is 0 Å². The quantitative estimate of drug-likeness (QED) is 0.693. The lowest BCUT2D eigenvalue weighted by atomic mass is 10.2. The number of carbonyl (C=O) groups excluding carboxylic acids is 2. The Kier molecular flexibility index (Phi) is 5.17. The second kappa shape index (κ2) is 7.92. The predicted molar refractivity (Wildman–Crippen MR) is 105 cm³/mol. The fraction of sp³-hybridized carbons (Fsp3) is 0.158. The van der Waals surface area contributed by atoms with Crippen LogP contribution in [-0.4, -0.2) is 46.4 Å². The molecule has 1 aromatic carbocycles. The van der Waals surface area contributed by atoms with Crippen molar-refractivity contribution in [3.63, 3.8) is 0 Å². The molecule has 29 heavy (non-hydrogen) atoms. The summed E-state index contributed by atoms with van der Waals surface area (Å²) in [5.41, 5.74) is 1.78. The third-order valence-electron chi connectivity index (χ3n) is 4.35. The van der Waals surface area contributed by atoms with Crippen LogP contribution in [0.2, 0.25) is 0 Å². The number of hydrogen-bond donors (Lipinski definition) is 1. The maximum atomic E-state index is 13.4. The summed E-state index contributed by atoms with van der Waals surface area (Å²) in [5, 5.41) is 4.90. The molecule has 0 spiro atoms. The highest BCUT2D eigenvalue weighted by atomic mass is 32.1. The maximum Gasteiger partial charge on any atom is 0.325 e. The van der Waals surface area contributed by atoms with E-state index < -0.39 is 23.6 Å². The van der Waals surface area contributed by atoms with Gasteiger partial charge < -0.3 is 10.2 Å². The smallest absolute Gasteiger partial charge is 0.313 e. The largest absolute Gasteiger partial charge is 0.325 e. The van der Waals surface area contributed by atoms with Crippen molar-refractivity contribution in [1.29, 1.82) is 0 Å². The minimum absolute atomic E-state index is 0.166. The molecule has 10 heteroatoms. The Morgan fingerprint density at radius 1 is 1.21 bits per heavy atom. The summed E-state index contributed by atoms with van der Waals surface area (Å²) in [5.74, 6) is -2.40. The third kappa shape index (κ3) is 4.06. The first-order valence-corrected chi connectivity index (χ1v) is 9.56. The number of urea groups is 1. The molecule has 0 bridgehead atoms. The van der Waals surface area contributed by atoms with Gasteiger partial charge in [-0.15, -0.1) is 11.3 Å². The molecule has 0 radical (unpaired) electrons. The van der Waals surface area contributed by atoms with Gasteiger partial charge in [0.05, 0.1) is 5.69 Å². The molecule has 3 aromatic rings. The zero-order chi connectivity index (χ0) is 20.4. The van der Waals surface area contributed by atoms with E-state index in [2.05, 4.69) is 15.3 Å². The molecule has 1 fully saturated rings. The molecule has 1 aliphatic heterocycles. The number of carbonyl (C=O) groups is 2. The molecule has 1 N–H and O–H groups in total. The number of thiazole rings is 1. The zero-order valence-electron chi connectivity index (χ0n) is 15.0. The average Bonchev–Trinajstić information content (AvgIpc) is 3.32. The van der Waals surface area contributed by atoms with E-state index in [1.54, 1.807) is 23.8 Å². The Morgan fingerprint density at radius 3 is 2.83 bits per heavy atom. The third-order valence-corrected chi connectivity index (χ3v) is 5.11. The van der Waals surface area contributed by atoms with E-state index in [-0.39, 0.29) is 18.8 Å². The number of anilines is 2. The van der Waals surface area contributed by atoms with Crippen LogP contribution in [0, 0.1) is 11.6 Å². The van der Waals surface area contributed by atoms with Gasteiger partial charge in [0.2, 0.25) is 5.91 Å². The highest BCUT2D eigenvalue weighted by molar-refractivity contribution is 7.14. The van der Waals surface area contributed by atoms with Crippen LogP contribution in [0.1, 0.15) is 0 Å². The fourth-order valence-electron chi connectivity index (χ4n) is 2.93. The Hall–Kier alpha value is -3.40. The summed E-state index contributed by atoms with van der Waals surface area (Å²) in [4.78, 5) is 35.9. The first-order chi connectivity index (χ1) is 14.0. The molecule has 1 saturated heterocycles. The summed E-state index contributed by atoms with van der Waals surface area (Å²) >= 11 is 1.27. The van der Waals surface area contributed by atoms with Crippen LogP contribution in [0.3, 0.4) is 0 Å². The number of nitrogens with one attached hydrogen (secondary N) is 1. The molecule has 0 unspecified atom stereocenters. The first kappa shape index (κ1) is 18.9. The van der Waals surface area contributed by atoms with Crippen LogP contribution in [0.5, 0.6) is 0 Å². The Balaban J connectivity index is 1.37. The number of amides is 3. The lowest BCUT2D eigenvalue weighted by Crippen LogP contribution is -2.37. The summed E-state index contributed by atoms with van der Waals surface area (Å²) in [6, 6.07) is 6.48. The highest BCUT2D eigenvalue weighted by Crippen LogP contribution is 2.25. The summed E-state index contributed by atoms with van der Waals surface area (Å²) in [7, 11) is 0. The number of hydrogen-bond acceptors (Lipinski definition) is 5. The van der Waals surface area contributed by atoms with Crippen molar-refractivity contribution < 1.29 is 18.4 Å². The molecule has 0 saturated carbocycles. The molecule has 0 atom stereocenters. The molecular weight excluding hydrogens is 400 g/mol. The van der Waals surface area contributed by atoms with Gasteiger partial charge >= 0.3 is 6.03 Å². The number of benzene rings is 1. The number of halogens is 2. The average molecular weight is 415 g/mol. The number of rotatable bonds is 5. The van der Waals surface area contributed by atoms with Crippen molar-refractivity contribution in [2.24, 2.45) is 0 Å². The number of aromatic nitrogens is 2. The van der Waals surface area contributed by atoms with Crippen molar-refractivity contribution in [3.05, 3.63) is 59.7 Å². The van der Waals surface area contributed by atoms with Crippen LogP contribution in [-0.2, 0) is 4.79 Å². The van der Waals surface area contributed by atoms with Gasteiger partial charge in [-0.05, 0) is 24.3 Å². The van der Waals surface area contributed by atoms with E-state index in [4.69, 9.17) is 0 Å². The van der Waals surface area contributed by atoms with E-state index in [1.165, 1.54) is 27.2 Å². The van der Waals surface area contributed by atoms with Crippen LogP contribution in [0.15, 0.2) is 48.1 Å². The Morgan fingerprint density at radius 2 is 2.07 bits per heavy atom. The molecule has 148 valence electrons. The molecule has 7 nitrogen and oxygen atoms in total. The second-order valence-corrected chi connectivity index (χ2v) is 7.14. The fourth-order valence-corrected chi connectivity index (χ4v) is 3.67. The Labute approximate surface area is 168 Å². The minimum Gasteiger partial charge on any atom is -0.313 e. The lowest BCUT2D eigenvalue weighted by molar-refractivity contribution is -0.116. The molecule has 2 aromatic heterocycles. The van der Waals surface area contributed by atoms with E-state index in [0.717, 1.165) is 17.7 Å². The molecule has 3 amide bonds. The molecule has 0 aliphatic carbocycles. The van der Waals surface area contributed by atoms with E-state index in [1.807, 2.05) is 6.07 Å². The van der Waals surface area contributed by atoms with Gasteiger partial charge in [0.1, 0.15) is 6.54 Å². The molecule has 3 heterocycles. The zero-order valence-corrected chi connectivity index (χ0v) is 15.8. The van der Waals surface area contributed by atoms with Gasteiger partial charge in [0, 0.05) is 48.2 Å². The normalized spacial score (nSPS) is 13.8. The van der Waals surface area contributed by atoms with Gasteiger partial charge in [0.25, 0.3) is 0 Å². The minimum atomic E-state index is -1.03. The van der Waals surface area contributed by atoms with Gasteiger partial charge in [-0.3, -0.25) is 14.7 Å². The van der Waals surface area contributed by atoms with Gasteiger partial charge in [-0.2, -0.15) is 0 Å².